The van der Waals surface area contributed by atoms with Crippen LogP contribution < -0.4 is 9.80 Å². The lowest BCUT2D eigenvalue weighted by Crippen LogP contribution is -2.17. The van der Waals surface area contributed by atoms with Crippen LogP contribution in [0.5, 0.6) is 0 Å². The van der Waals surface area contributed by atoms with Gasteiger partial charge in [0.05, 0.1) is 0 Å². The average Bonchev–Trinajstić information content (AvgIpc) is 3.79. The summed E-state index contributed by atoms with van der Waals surface area (Å²) in [6, 6.07) is 68.9. The highest BCUT2D eigenvalue weighted by Crippen LogP contribution is 2.52. The summed E-state index contributed by atoms with van der Waals surface area (Å²) in [4.78, 5) is 23.0. The number of benzene rings is 6. The van der Waals surface area contributed by atoms with Gasteiger partial charge in [-0.15, -0.1) is 0 Å². The Bertz CT molecular complexity index is 3330. The van der Waals surface area contributed by atoms with Gasteiger partial charge in [0.2, 0.25) is 0 Å². The van der Waals surface area contributed by atoms with Crippen molar-refractivity contribution < 1.29 is 0 Å². The van der Waals surface area contributed by atoms with Crippen molar-refractivity contribution >= 4 is 59.0 Å². The van der Waals surface area contributed by atoms with Gasteiger partial charge in [-0.25, -0.2) is 19.9 Å². The Morgan fingerprint density at radius 3 is 0.917 bits per heavy atom. The number of hydrogen-bond donors (Lipinski definition) is 0. The van der Waals surface area contributed by atoms with E-state index in [4.69, 9.17) is 19.9 Å². The molecular formula is C66H52N6. The maximum absolute atomic E-state index is 4.70. The zero-order valence-electron chi connectivity index (χ0n) is 40.8. The van der Waals surface area contributed by atoms with Crippen LogP contribution in [0.2, 0.25) is 0 Å². The van der Waals surface area contributed by atoms with Crippen LogP contribution in [0.4, 0.5) is 34.6 Å². The number of fused-ring (bicyclic) bond motifs is 6. The van der Waals surface area contributed by atoms with E-state index in [2.05, 4.69) is 183 Å². The highest BCUT2D eigenvalue weighted by atomic mass is 15.2. The van der Waals surface area contributed by atoms with Crippen LogP contribution in [0, 0.1) is 0 Å². The molecule has 10 aromatic rings. The molecule has 0 amide bonds. The van der Waals surface area contributed by atoms with Crippen molar-refractivity contribution in [3.63, 3.8) is 0 Å². The molecule has 6 heteroatoms. The van der Waals surface area contributed by atoms with E-state index in [1.165, 1.54) is 66.8 Å². The van der Waals surface area contributed by atoms with Gasteiger partial charge in [-0.1, -0.05) is 173 Å². The van der Waals surface area contributed by atoms with E-state index in [1.807, 2.05) is 97.6 Å². The molecule has 0 unspecified atom stereocenters. The monoisotopic (exact) mass is 928 g/mol. The van der Waals surface area contributed by atoms with Crippen LogP contribution in [0.1, 0.15) is 72.2 Å². The fourth-order valence-electron chi connectivity index (χ4n) is 10.6. The number of hydrogen-bond acceptors (Lipinski definition) is 6. The van der Waals surface area contributed by atoms with E-state index in [9.17, 15) is 0 Å². The van der Waals surface area contributed by atoms with E-state index in [0.29, 0.717) is 0 Å². The highest BCUT2D eigenvalue weighted by Gasteiger charge is 2.38. The minimum atomic E-state index is -0.193. The Labute approximate surface area is 422 Å². The molecule has 12 rings (SSSR count). The predicted molar refractivity (Wildman–Crippen MR) is 298 cm³/mol. The third-order valence-corrected chi connectivity index (χ3v) is 14.5. The van der Waals surface area contributed by atoms with Gasteiger partial charge >= 0.3 is 0 Å². The predicted octanol–water partition coefficient (Wildman–Crippen LogP) is 16.8. The zero-order valence-corrected chi connectivity index (χ0v) is 40.8. The van der Waals surface area contributed by atoms with Gasteiger partial charge < -0.3 is 0 Å². The normalized spacial score (nSPS) is 13.7. The molecule has 0 aliphatic heterocycles. The highest BCUT2D eigenvalue weighted by molar-refractivity contribution is 5.88. The van der Waals surface area contributed by atoms with Crippen LogP contribution in [0.3, 0.4) is 0 Å². The average molecular weight is 929 g/mol. The van der Waals surface area contributed by atoms with Gasteiger partial charge in [-0.3, -0.25) is 9.80 Å². The minimum Gasteiger partial charge on any atom is -0.279 e. The molecule has 0 atom stereocenters. The molecule has 2 aliphatic rings. The van der Waals surface area contributed by atoms with E-state index >= 15 is 0 Å². The summed E-state index contributed by atoms with van der Waals surface area (Å²) < 4.78 is 0. The third kappa shape index (κ3) is 8.07. The fraction of sp³-hybridized carbons (Fsp3) is 0.0909. The molecule has 0 spiro atoms. The Morgan fingerprint density at radius 1 is 0.306 bits per heavy atom. The molecule has 0 saturated heterocycles. The lowest BCUT2D eigenvalue weighted by molar-refractivity contribution is 0.660. The van der Waals surface area contributed by atoms with E-state index in [1.54, 1.807) is 0 Å². The fourth-order valence-corrected chi connectivity index (χ4v) is 10.6. The molecule has 4 heterocycles. The first-order chi connectivity index (χ1) is 35.2. The Kier molecular flexibility index (Phi) is 11.1. The number of nitrogens with zero attached hydrogens (tertiary/aromatic N) is 6. The van der Waals surface area contributed by atoms with Crippen molar-refractivity contribution in [2.24, 2.45) is 0 Å². The maximum atomic E-state index is 4.70. The minimum absolute atomic E-state index is 0.193. The number of aromatic nitrogens is 4. The first-order valence-electron chi connectivity index (χ1n) is 24.6. The topological polar surface area (TPSA) is 58.0 Å². The first kappa shape index (κ1) is 44.2. The number of rotatable bonds is 11. The molecule has 4 aromatic heterocycles. The van der Waals surface area contributed by atoms with Gasteiger partial charge in [0.15, 0.2) is 0 Å². The molecule has 0 bridgehead atoms. The van der Waals surface area contributed by atoms with E-state index < -0.39 is 0 Å². The second-order valence-corrected chi connectivity index (χ2v) is 19.7. The summed E-state index contributed by atoms with van der Waals surface area (Å²) in [6.45, 7) is 9.31. The Hall–Kier alpha value is -9.00. The lowest BCUT2D eigenvalue weighted by atomic mass is 9.81. The number of anilines is 6. The third-order valence-electron chi connectivity index (χ3n) is 14.5. The van der Waals surface area contributed by atoms with Gasteiger partial charge in [0.1, 0.15) is 23.3 Å². The van der Waals surface area contributed by atoms with Gasteiger partial charge in [0, 0.05) is 47.0 Å². The molecule has 0 saturated carbocycles. The van der Waals surface area contributed by atoms with Crippen LogP contribution in [-0.2, 0) is 10.8 Å². The van der Waals surface area contributed by atoms with Crippen molar-refractivity contribution in [2.75, 3.05) is 9.80 Å². The van der Waals surface area contributed by atoms with Crippen LogP contribution >= 0.6 is 0 Å². The summed E-state index contributed by atoms with van der Waals surface area (Å²) in [5, 5.41) is 0. The van der Waals surface area contributed by atoms with Crippen molar-refractivity contribution in [1.29, 1.82) is 0 Å². The molecule has 0 fully saturated rings. The Balaban J connectivity index is 0.721. The quantitative estimate of drug-likeness (QED) is 0.120. The maximum Gasteiger partial charge on any atom is 0.138 e. The van der Waals surface area contributed by atoms with Crippen molar-refractivity contribution in [1.82, 2.24) is 19.9 Å². The zero-order chi connectivity index (χ0) is 48.8. The Morgan fingerprint density at radius 2 is 0.597 bits per heavy atom. The molecule has 0 radical (unpaired) electrons. The van der Waals surface area contributed by atoms with Gasteiger partial charge in [-0.2, -0.15) is 0 Å². The van der Waals surface area contributed by atoms with Crippen LogP contribution in [-0.4, -0.2) is 19.9 Å². The molecular weight excluding hydrogens is 877 g/mol. The standard InChI is InChI=1S/C66H52N6/c1-65(2)57-41-47(25-33-53(57)55-35-31-51(43-59(55)65)71(61-13-5-9-37-67-61)62-14-6-10-38-68-62)19-17-45-21-27-49(28-22-45)50-29-23-46(24-30-50)18-20-48-26-34-54-56-36-32-52(44-60(56)66(3,4)58(54)42-48)72(63-15-7-11-39-69-63)64-16-8-12-40-70-64/h5-44H,1-4H3/b19-17+,20-18+. The molecule has 2 aliphatic carbocycles. The molecule has 6 nitrogen and oxygen atoms in total. The second kappa shape index (κ2) is 18.1. The van der Waals surface area contributed by atoms with E-state index in [0.717, 1.165) is 45.8 Å². The summed E-state index contributed by atoms with van der Waals surface area (Å²) in [5.41, 5.74) is 19.1. The van der Waals surface area contributed by atoms with Gasteiger partial charge in [-0.05, 0) is 151 Å². The SMILES string of the molecule is CC1(C)c2cc(/C=C/c3ccc(-c4ccc(/C=C/c5ccc6c(c5)C(C)(C)c5cc(N(c7ccccn7)c7ccccn7)ccc5-6)cc4)cc3)ccc2-c2ccc(N(c3ccccn3)c3ccccn3)cc21. The second-order valence-electron chi connectivity index (χ2n) is 19.7. The van der Waals surface area contributed by atoms with Crippen molar-refractivity contribution in [2.45, 2.75) is 38.5 Å². The smallest absolute Gasteiger partial charge is 0.138 e. The van der Waals surface area contributed by atoms with Crippen molar-refractivity contribution in [3.8, 4) is 33.4 Å². The summed E-state index contributed by atoms with van der Waals surface area (Å²) in [7, 11) is 0. The molecule has 72 heavy (non-hydrogen) atoms. The first-order valence-corrected chi connectivity index (χ1v) is 24.6. The van der Waals surface area contributed by atoms with Gasteiger partial charge in [0.25, 0.3) is 0 Å². The molecule has 346 valence electrons. The van der Waals surface area contributed by atoms with Crippen LogP contribution in [0.25, 0.3) is 57.7 Å². The largest absolute Gasteiger partial charge is 0.279 e. The summed E-state index contributed by atoms with van der Waals surface area (Å²) in [6.07, 6.45) is 16.2. The lowest BCUT2D eigenvalue weighted by Gasteiger charge is -2.26. The molecule has 6 aromatic carbocycles. The van der Waals surface area contributed by atoms with Crippen LogP contribution in [0.15, 0.2) is 219 Å². The number of pyridine rings is 4. The molecule has 0 N–H and O–H groups in total. The van der Waals surface area contributed by atoms with Crippen molar-refractivity contribution in [3.05, 3.63) is 263 Å². The van der Waals surface area contributed by atoms with E-state index in [-0.39, 0.29) is 10.8 Å². The summed E-state index contributed by atoms with van der Waals surface area (Å²) >= 11 is 0. The summed E-state index contributed by atoms with van der Waals surface area (Å²) in [5.74, 6) is 3.33.